The molecule has 3 N–H and O–H groups in total. The summed E-state index contributed by atoms with van der Waals surface area (Å²) in [5, 5.41) is 5.63. The number of rotatable bonds is 7. The number of nitrogens with one attached hydrogen (secondary N) is 1. The smallest absolute Gasteiger partial charge is 0.462 e. The second kappa shape index (κ2) is 14.2. The quantitative estimate of drug-likeness (QED) is 0.109. The number of amides is 2. The van der Waals surface area contributed by atoms with Gasteiger partial charge >= 0.3 is 21.6 Å². The maximum Gasteiger partial charge on any atom is 0.462 e. The summed E-state index contributed by atoms with van der Waals surface area (Å²) in [6.07, 6.45) is 6.15. The van der Waals surface area contributed by atoms with Crippen LogP contribution >= 0.6 is 11.3 Å². The van der Waals surface area contributed by atoms with Crippen LogP contribution in [0.5, 0.6) is 0 Å². The Bertz CT molecular complexity index is 2800. The predicted molar refractivity (Wildman–Crippen MR) is 244 cm³/mol. The molecule has 5 fully saturated rings. The predicted octanol–water partition coefficient (Wildman–Crippen LogP) is 6.31. The van der Waals surface area contributed by atoms with Gasteiger partial charge in [-0.3, -0.25) is 23.7 Å². The molecule has 3 aromatic heterocycles. The molecule has 2 radical (unpaired) electrons. The van der Waals surface area contributed by atoms with Crippen molar-refractivity contribution in [3.8, 4) is 22.5 Å². The van der Waals surface area contributed by atoms with E-state index in [0.717, 1.165) is 67.7 Å². The molecule has 7 aliphatic rings. The number of aryl methyl sites for hydroxylation is 1. The number of pyridine rings is 1. The summed E-state index contributed by atoms with van der Waals surface area (Å²) in [7, 11) is 1.97. The lowest BCUT2D eigenvalue weighted by molar-refractivity contribution is -0.684. The Morgan fingerprint density at radius 2 is 1.97 bits per heavy atom. The van der Waals surface area contributed by atoms with Crippen LogP contribution in [0.2, 0.25) is 0 Å². The number of thiazole rings is 1. The average molecular weight is 895 g/mol. The van der Waals surface area contributed by atoms with Crippen LogP contribution in [0.15, 0.2) is 66.2 Å². The van der Waals surface area contributed by atoms with E-state index in [1.807, 2.05) is 19.2 Å². The number of esters is 1. The van der Waals surface area contributed by atoms with E-state index < -0.39 is 29.0 Å². The molecule has 12 rings (SSSR count). The molecule has 5 unspecified atom stereocenters. The fraction of sp³-hybridized carbons (Fsp3) is 0.500. The highest BCUT2D eigenvalue weighted by molar-refractivity contribution is 7.10. The molecule has 2 amide bonds. The van der Waals surface area contributed by atoms with Crippen LogP contribution < -0.4 is 11.2 Å². The first-order valence-corrected chi connectivity index (χ1v) is 25.2. The average Bonchev–Trinajstić information content (AvgIpc) is 4.28. The Morgan fingerprint density at radius 3 is 2.72 bits per heavy atom. The number of nitrogens with zero attached hydrogens (tertiary/aromatic N) is 5. The van der Waals surface area contributed by atoms with Crippen molar-refractivity contribution in [2.45, 2.75) is 96.5 Å². The van der Waals surface area contributed by atoms with E-state index in [9.17, 15) is 4.79 Å². The third kappa shape index (κ3) is 5.87. The van der Waals surface area contributed by atoms with Gasteiger partial charge in [0.1, 0.15) is 12.2 Å². The number of fused-ring (bicyclic) bond motifs is 8. The molecule has 1 spiro atoms. The van der Waals surface area contributed by atoms with Gasteiger partial charge in [-0.25, -0.2) is 15.2 Å². The lowest BCUT2D eigenvalue weighted by atomic mass is 9.75. The molecule has 6 heterocycles. The summed E-state index contributed by atoms with van der Waals surface area (Å²) in [5.41, 5.74) is 19.5. The van der Waals surface area contributed by atoms with Crippen LogP contribution in [0.1, 0.15) is 80.5 Å². The summed E-state index contributed by atoms with van der Waals surface area (Å²) < 4.78 is 14.5. The minimum Gasteiger partial charge on any atom is -0.464 e. The lowest BCUT2D eigenvalue weighted by Gasteiger charge is -2.40. The molecular weight excluding hydrogens is 839 g/mol. The molecule has 4 aliphatic carbocycles. The molecule has 3 saturated carbocycles. The van der Waals surface area contributed by atoms with Gasteiger partial charge in [0.15, 0.2) is 6.04 Å². The van der Waals surface area contributed by atoms with Crippen LogP contribution in [-0.2, 0) is 55.2 Å². The van der Waals surface area contributed by atoms with E-state index in [-0.39, 0.29) is 44.3 Å². The second-order valence-electron chi connectivity index (χ2n) is 20.5. The number of hydrogen-bond donors (Lipinski definition) is 2. The number of benzene rings is 2. The van der Waals surface area contributed by atoms with E-state index in [0.29, 0.717) is 62.1 Å². The number of quaternary nitrogens is 1. The molecule has 2 saturated heterocycles. The van der Waals surface area contributed by atoms with Gasteiger partial charge in [0.05, 0.1) is 52.7 Å². The van der Waals surface area contributed by atoms with Gasteiger partial charge in [-0.1, -0.05) is 44.2 Å². The van der Waals surface area contributed by atoms with E-state index in [4.69, 9.17) is 25.2 Å². The Labute approximate surface area is 380 Å². The SMILES string of the molecule is CCn1c(-c2cccnc2[C@H](C)OC)c2c3cc(ccc31)-c1csc(n1)C[C@H]([N+]1(C(=O)[C@H]3Cc4ccccc4[C@@]3(N)C3C4C5CC543)C[Si]1)C(=O)N1CCC[C@H](N1)C(=O)OCC(C)(C)C2. The summed E-state index contributed by atoms with van der Waals surface area (Å²) in [6.45, 7) is 9.83. The number of nitrogens with two attached hydrogens (primary N) is 1. The molecule has 330 valence electrons. The van der Waals surface area contributed by atoms with Gasteiger partial charge in [0.25, 0.3) is 5.91 Å². The minimum absolute atomic E-state index is 0.0846. The molecule has 10 atom stereocenters. The highest BCUT2D eigenvalue weighted by Crippen LogP contribution is 3.03. The Balaban J connectivity index is 0.956. The van der Waals surface area contributed by atoms with Gasteiger partial charge in [0.2, 0.25) is 0 Å². The third-order valence-electron chi connectivity index (χ3n) is 16.4. The first-order valence-electron chi connectivity index (χ1n) is 23.2. The van der Waals surface area contributed by atoms with Crippen LogP contribution in [0.3, 0.4) is 0 Å². The first-order chi connectivity index (χ1) is 30.8. The van der Waals surface area contributed by atoms with Gasteiger partial charge in [0, 0.05) is 59.2 Å². The number of hydrazine groups is 1. The largest absolute Gasteiger partial charge is 0.464 e. The van der Waals surface area contributed by atoms with E-state index in [1.54, 1.807) is 23.5 Å². The molecule has 64 heavy (non-hydrogen) atoms. The van der Waals surface area contributed by atoms with Crippen LogP contribution in [-0.4, -0.2) is 89.7 Å². The topological polar surface area (TPSA) is 142 Å². The molecule has 2 aromatic carbocycles. The van der Waals surface area contributed by atoms with Gasteiger partial charge in [-0.15, -0.1) is 11.3 Å². The molecular formula is C50H56N7O5SSi+. The number of cyclic esters (lactones) is 1. The maximum absolute atomic E-state index is 15.5. The highest BCUT2D eigenvalue weighted by atomic mass is 32.1. The summed E-state index contributed by atoms with van der Waals surface area (Å²) >= 11 is 1.55. The highest BCUT2D eigenvalue weighted by Gasteiger charge is 3.00. The van der Waals surface area contributed by atoms with Crippen molar-refractivity contribution in [2.24, 2.45) is 40.2 Å². The summed E-state index contributed by atoms with van der Waals surface area (Å²) in [4.78, 5) is 54.9. The standard InChI is InChI=1S/C50H56N7O5SSi/c1-6-55-38-16-15-29-19-31(38)32(43(55)30-12-9-17-52-42(30)27(2)61-5)22-48(3,4)25-62-47(60)36-14-10-18-56(54-36)45(58)39(21-40-53-37(29)24-63-40)57(26-64-57)46(59)34-20-28-11-7-8-13-33(28)50(34,51)44-41-35-23-49(35,41)44/h7-9,11-13,15-17,19,24,27,34-36,39,41,44,54H,6,10,14,18,20-23,25-26,51H2,1-5H3/q+1/t27-,34+,35?,36-,39-,41?,44?,49?,50-,57?/m0/s1. The van der Waals surface area contributed by atoms with E-state index in [2.05, 4.69) is 84.7 Å². The molecule has 12 nitrogen and oxygen atoms in total. The molecule has 3 aliphatic heterocycles. The van der Waals surface area contributed by atoms with Crippen LogP contribution in [0, 0.1) is 34.5 Å². The monoisotopic (exact) mass is 894 g/mol. The zero-order valence-electron chi connectivity index (χ0n) is 37.2. The van der Waals surface area contributed by atoms with Crippen LogP contribution in [0.25, 0.3) is 33.4 Å². The third-order valence-corrected chi connectivity index (χ3v) is 18.8. The Morgan fingerprint density at radius 1 is 1.16 bits per heavy atom. The number of carbonyl (C=O) groups excluding carboxylic acids is 3. The van der Waals surface area contributed by atoms with Crippen molar-refractivity contribution in [3.63, 3.8) is 0 Å². The van der Waals surface area contributed by atoms with Gasteiger partial charge in [-0.05, 0) is 110 Å². The van der Waals surface area contributed by atoms with E-state index in [1.165, 1.54) is 12.0 Å². The Hall–Kier alpha value is -4.57. The summed E-state index contributed by atoms with van der Waals surface area (Å²) in [6, 6.07) is 17.7. The molecule has 6 bridgehead atoms. The van der Waals surface area contributed by atoms with Crippen LogP contribution in [0.4, 0.5) is 0 Å². The van der Waals surface area contributed by atoms with Gasteiger partial charge in [-0.2, -0.15) is 0 Å². The fourth-order valence-electron chi connectivity index (χ4n) is 12.7. The van der Waals surface area contributed by atoms with Crippen molar-refractivity contribution >= 4 is 49.7 Å². The van der Waals surface area contributed by atoms with Crippen molar-refractivity contribution in [3.05, 3.63) is 93.6 Å². The minimum atomic E-state index is -0.725. The number of carbonyl (C=O) groups is 3. The molecule has 5 aromatic rings. The zero-order chi connectivity index (χ0) is 44.1. The lowest BCUT2D eigenvalue weighted by Crippen LogP contribution is -2.64. The van der Waals surface area contributed by atoms with Crippen molar-refractivity contribution in [1.82, 2.24) is 25.0 Å². The number of ether oxygens (including phenoxy) is 2. The zero-order valence-corrected chi connectivity index (χ0v) is 39.0. The number of methoxy groups -OCH3 is 1. The number of hydrogen-bond acceptors (Lipinski definition) is 10. The molecule has 14 heteroatoms. The Kier molecular flexibility index (Phi) is 9.08. The van der Waals surface area contributed by atoms with Crippen molar-refractivity contribution in [2.75, 3.05) is 26.4 Å². The first kappa shape index (κ1) is 40.9. The number of aromatic nitrogens is 3. The second-order valence-corrected chi connectivity index (χ2v) is 22.9. The van der Waals surface area contributed by atoms with E-state index >= 15 is 9.59 Å². The summed E-state index contributed by atoms with van der Waals surface area (Å²) in [5.74, 6) is 0.923. The van der Waals surface area contributed by atoms with Crippen molar-refractivity contribution < 1.29 is 28.0 Å². The maximum atomic E-state index is 15.5. The fourth-order valence-corrected chi connectivity index (χ4v) is 14.8. The normalized spacial score (nSPS) is 33.7. The van der Waals surface area contributed by atoms with Gasteiger partial charge < -0.3 is 19.8 Å². The van der Waals surface area contributed by atoms with Crippen molar-refractivity contribution in [1.29, 1.82) is 0 Å².